The first kappa shape index (κ1) is 27.0. The van der Waals surface area contributed by atoms with Gasteiger partial charge in [-0.3, -0.25) is 9.69 Å². The van der Waals surface area contributed by atoms with E-state index in [9.17, 15) is 9.59 Å². The lowest BCUT2D eigenvalue weighted by Crippen LogP contribution is -2.49. The van der Waals surface area contributed by atoms with Crippen molar-refractivity contribution < 1.29 is 9.59 Å². The van der Waals surface area contributed by atoms with Gasteiger partial charge in [-0.15, -0.1) is 23.5 Å². The Balaban J connectivity index is 1.24. The van der Waals surface area contributed by atoms with E-state index in [1.807, 2.05) is 121 Å². The maximum atomic E-state index is 13.8. The van der Waals surface area contributed by atoms with Crippen LogP contribution in [-0.2, 0) is 4.79 Å². The fourth-order valence-electron chi connectivity index (χ4n) is 5.00. The summed E-state index contributed by atoms with van der Waals surface area (Å²) in [6.07, 6.45) is 8.27. The van der Waals surface area contributed by atoms with Crippen LogP contribution >= 0.6 is 23.5 Å². The molecular formula is C34H29N3O2S2. The Morgan fingerprint density at radius 2 is 1.59 bits per heavy atom. The Kier molecular flexibility index (Phi) is 7.98. The summed E-state index contributed by atoms with van der Waals surface area (Å²) in [5.74, 6) is -0.101. The second kappa shape index (κ2) is 12.1. The number of rotatable bonds is 6. The van der Waals surface area contributed by atoms with Crippen LogP contribution in [0, 0.1) is 6.92 Å². The third-order valence-electron chi connectivity index (χ3n) is 7.04. The predicted molar refractivity (Wildman–Crippen MR) is 171 cm³/mol. The van der Waals surface area contributed by atoms with Crippen molar-refractivity contribution in [3.8, 4) is 0 Å². The van der Waals surface area contributed by atoms with Gasteiger partial charge in [0.1, 0.15) is 5.25 Å². The van der Waals surface area contributed by atoms with E-state index in [-0.39, 0.29) is 23.2 Å². The van der Waals surface area contributed by atoms with Crippen molar-refractivity contribution in [1.82, 2.24) is 0 Å². The van der Waals surface area contributed by atoms with Gasteiger partial charge in [0.15, 0.2) is 0 Å². The number of carbonyl (C=O) groups excluding carboxylic acids is 2. The van der Waals surface area contributed by atoms with Crippen LogP contribution in [0.2, 0.25) is 0 Å². The summed E-state index contributed by atoms with van der Waals surface area (Å²) in [5, 5.41) is 5.90. The SMILES string of the molecule is Cc1ccccc1NC(=O)C(Sc1cccc(NC(=O)N2c3ccccc3SC3C=CC=CC32)c1)c1ccccc1. The van der Waals surface area contributed by atoms with E-state index in [4.69, 9.17) is 0 Å². The molecule has 3 unspecified atom stereocenters. The van der Waals surface area contributed by atoms with Gasteiger partial charge in [-0.25, -0.2) is 4.79 Å². The monoisotopic (exact) mass is 575 g/mol. The largest absolute Gasteiger partial charge is 0.326 e. The van der Waals surface area contributed by atoms with Crippen molar-refractivity contribution in [2.24, 2.45) is 0 Å². The van der Waals surface area contributed by atoms with Gasteiger partial charge >= 0.3 is 6.03 Å². The summed E-state index contributed by atoms with van der Waals surface area (Å²) in [7, 11) is 0. The lowest BCUT2D eigenvalue weighted by atomic mass is 10.1. The highest BCUT2D eigenvalue weighted by molar-refractivity contribution is 8.00. The molecule has 0 aromatic heterocycles. The second-order valence-corrected chi connectivity index (χ2v) is 12.2. The van der Waals surface area contributed by atoms with Gasteiger partial charge in [0.2, 0.25) is 5.91 Å². The summed E-state index contributed by atoms with van der Waals surface area (Å²) < 4.78 is 0. The first-order chi connectivity index (χ1) is 20.1. The van der Waals surface area contributed by atoms with Crippen molar-refractivity contribution in [3.05, 3.63) is 139 Å². The number of thioether (sulfide) groups is 2. The van der Waals surface area contributed by atoms with Crippen molar-refractivity contribution in [2.45, 2.75) is 33.3 Å². The highest BCUT2D eigenvalue weighted by atomic mass is 32.2. The average molecular weight is 576 g/mol. The maximum Gasteiger partial charge on any atom is 0.326 e. The molecule has 0 saturated heterocycles. The van der Waals surface area contributed by atoms with E-state index in [0.717, 1.165) is 32.3 Å². The lowest BCUT2D eigenvalue weighted by molar-refractivity contribution is -0.115. The van der Waals surface area contributed by atoms with Crippen LogP contribution in [0.5, 0.6) is 0 Å². The van der Waals surface area contributed by atoms with Crippen LogP contribution in [0.1, 0.15) is 16.4 Å². The molecule has 7 heteroatoms. The summed E-state index contributed by atoms with van der Waals surface area (Å²) >= 11 is 3.24. The number of urea groups is 1. The Hall–Kier alpha value is -4.20. The smallest absolute Gasteiger partial charge is 0.325 e. The number of allylic oxidation sites excluding steroid dienone is 2. The third kappa shape index (κ3) is 5.97. The molecule has 2 aliphatic rings. The molecule has 1 aliphatic carbocycles. The molecule has 4 aromatic carbocycles. The van der Waals surface area contributed by atoms with Crippen LogP contribution in [0.25, 0.3) is 0 Å². The fraction of sp³-hybridized carbons (Fsp3) is 0.118. The van der Waals surface area contributed by atoms with Gasteiger partial charge in [-0.1, -0.05) is 91.0 Å². The van der Waals surface area contributed by atoms with E-state index < -0.39 is 5.25 Å². The quantitative estimate of drug-likeness (QED) is 0.226. The maximum absolute atomic E-state index is 13.8. The fourth-order valence-corrected chi connectivity index (χ4v) is 7.35. The molecule has 3 atom stereocenters. The van der Waals surface area contributed by atoms with Gasteiger partial charge < -0.3 is 10.6 Å². The van der Waals surface area contributed by atoms with Crippen LogP contribution < -0.4 is 15.5 Å². The first-order valence-electron chi connectivity index (χ1n) is 13.5. The normalized spacial score (nSPS) is 17.7. The molecule has 4 aromatic rings. The number of anilines is 3. The van der Waals surface area contributed by atoms with E-state index in [2.05, 4.69) is 28.9 Å². The van der Waals surface area contributed by atoms with Gasteiger partial charge in [0.25, 0.3) is 0 Å². The minimum atomic E-state index is -0.479. The zero-order valence-corrected chi connectivity index (χ0v) is 24.1. The molecule has 204 valence electrons. The van der Waals surface area contributed by atoms with Crippen molar-refractivity contribution >= 4 is 52.5 Å². The first-order valence-corrected chi connectivity index (χ1v) is 15.2. The van der Waals surface area contributed by atoms with E-state index in [0.29, 0.717) is 5.69 Å². The molecule has 3 amide bonds. The number of hydrogen-bond donors (Lipinski definition) is 2. The number of carbonyl (C=O) groups is 2. The van der Waals surface area contributed by atoms with Crippen LogP contribution in [0.3, 0.4) is 0 Å². The summed E-state index contributed by atoms with van der Waals surface area (Å²) in [4.78, 5) is 31.1. The van der Waals surface area contributed by atoms with E-state index >= 15 is 0 Å². The summed E-state index contributed by atoms with van der Waals surface area (Å²) in [6, 6.07) is 33.0. The summed E-state index contributed by atoms with van der Waals surface area (Å²) in [6.45, 7) is 1.98. The topological polar surface area (TPSA) is 61.4 Å². The highest BCUT2D eigenvalue weighted by Gasteiger charge is 2.36. The number of nitrogens with one attached hydrogen (secondary N) is 2. The lowest BCUT2D eigenvalue weighted by Gasteiger charge is -2.40. The van der Waals surface area contributed by atoms with Crippen LogP contribution in [-0.4, -0.2) is 23.2 Å². The summed E-state index contributed by atoms with van der Waals surface area (Å²) in [5.41, 5.74) is 4.28. The molecule has 0 bridgehead atoms. The van der Waals surface area contributed by atoms with Gasteiger partial charge in [-0.05, 0) is 54.4 Å². The standard InChI is InChI=1S/C34H29N3O2S2/c1-23-12-5-6-17-27(23)36-33(38)32(24-13-3-2-4-14-24)40-26-16-11-15-25(22-26)35-34(39)37-28-18-7-9-20-30(28)41-31-21-10-8-19-29(31)37/h2-22,28,30,32H,1H3,(H,35,39)(H,36,38). The minimum Gasteiger partial charge on any atom is -0.325 e. The Morgan fingerprint density at radius 3 is 2.44 bits per heavy atom. The number of hydrogen-bond acceptors (Lipinski definition) is 4. The Labute approximate surface area is 248 Å². The molecule has 1 heterocycles. The molecule has 2 N–H and O–H groups in total. The number of aryl methyl sites for hydroxylation is 1. The Bertz CT molecular complexity index is 1640. The van der Waals surface area contributed by atoms with Crippen LogP contribution in [0.4, 0.5) is 21.9 Å². The van der Waals surface area contributed by atoms with Crippen molar-refractivity contribution in [1.29, 1.82) is 0 Å². The molecule has 0 fully saturated rings. The second-order valence-electron chi connectivity index (χ2n) is 9.85. The molecule has 0 saturated carbocycles. The van der Waals surface area contributed by atoms with E-state index in [1.165, 1.54) is 11.8 Å². The third-order valence-corrected chi connectivity index (χ3v) is 9.60. The molecule has 1 aliphatic heterocycles. The zero-order valence-electron chi connectivity index (χ0n) is 22.4. The Morgan fingerprint density at radius 1 is 0.829 bits per heavy atom. The molecule has 5 nitrogen and oxygen atoms in total. The average Bonchev–Trinajstić information content (AvgIpc) is 3.00. The van der Waals surface area contributed by atoms with Crippen LogP contribution in [0.15, 0.2) is 137 Å². The van der Waals surface area contributed by atoms with Gasteiger partial charge in [0.05, 0.1) is 17.0 Å². The molecule has 6 rings (SSSR count). The minimum absolute atomic E-state index is 0.0787. The highest BCUT2D eigenvalue weighted by Crippen LogP contribution is 2.44. The number of nitrogens with zero attached hydrogens (tertiary/aromatic N) is 1. The van der Waals surface area contributed by atoms with Gasteiger partial charge in [-0.2, -0.15) is 0 Å². The van der Waals surface area contributed by atoms with Crippen molar-refractivity contribution in [2.75, 3.05) is 15.5 Å². The molecule has 41 heavy (non-hydrogen) atoms. The predicted octanol–water partition coefficient (Wildman–Crippen LogP) is 8.47. The zero-order chi connectivity index (χ0) is 28.2. The van der Waals surface area contributed by atoms with E-state index in [1.54, 1.807) is 11.8 Å². The number of benzene rings is 4. The number of fused-ring (bicyclic) bond motifs is 2. The van der Waals surface area contributed by atoms with Gasteiger partial charge in [0, 0.05) is 21.2 Å². The molecule has 0 radical (unpaired) electrons. The number of para-hydroxylation sites is 2. The number of amides is 3. The molecular weight excluding hydrogens is 547 g/mol. The molecule has 0 spiro atoms. The van der Waals surface area contributed by atoms with Crippen molar-refractivity contribution in [3.63, 3.8) is 0 Å².